The predicted molar refractivity (Wildman–Crippen MR) is 39.0 cm³/mol. The summed E-state index contributed by atoms with van der Waals surface area (Å²) in [4.78, 5) is 8.78. The number of nitrogens with two attached hydrogens (primary N) is 1. The van der Waals surface area contributed by atoms with Crippen LogP contribution in [0.5, 0.6) is 0 Å². The van der Waals surface area contributed by atoms with Crippen LogP contribution in [-0.4, -0.2) is 17.0 Å². The van der Waals surface area contributed by atoms with Gasteiger partial charge in [0.1, 0.15) is 0 Å². The molecule has 0 aromatic carbocycles. The van der Waals surface area contributed by atoms with Gasteiger partial charge in [-0.25, -0.2) is 4.79 Å². The SMILES string of the molecule is CCS.Cl.NC(=O)O. The van der Waals surface area contributed by atoms with Crippen molar-refractivity contribution in [1.82, 2.24) is 0 Å². The highest BCUT2D eigenvalue weighted by Gasteiger charge is 1.65. The summed E-state index contributed by atoms with van der Waals surface area (Å²) in [6, 6.07) is 0. The van der Waals surface area contributed by atoms with Crippen molar-refractivity contribution in [3.05, 3.63) is 0 Å². The van der Waals surface area contributed by atoms with E-state index < -0.39 is 6.09 Å². The molecule has 0 aliphatic rings. The van der Waals surface area contributed by atoms with Gasteiger partial charge in [-0.15, -0.1) is 12.4 Å². The van der Waals surface area contributed by atoms with Crippen LogP contribution in [0.15, 0.2) is 0 Å². The second kappa shape index (κ2) is 15.8. The lowest BCUT2D eigenvalue weighted by molar-refractivity contribution is 0.205. The van der Waals surface area contributed by atoms with E-state index in [0.717, 1.165) is 5.75 Å². The zero-order chi connectivity index (χ0) is 6.28. The number of carboxylic acid groups (broad SMARTS) is 1. The first-order valence-corrected chi connectivity index (χ1v) is 2.37. The first-order valence-electron chi connectivity index (χ1n) is 1.74. The van der Waals surface area contributed by atoms with Gasteiger partial charge >= 0.3 is 6.09 Å². The highest BCUT2D eigenvalue weighted by molar-refractivity contribution is 7.80. The van der Waals surface area contributed by atoms with Crippen molar-refractivity contribution >= 4 is 31.1 Å². The quantitative estimate of drug-likeness (QED) is 0.462. The van der Waals surface area contributed by atoms with E-state index in [2.05, 4.69) is 18.4 Å². The Balaban J connectivity index is -0.0000000575. The lowest BCUT2D eigenvalue weighted by Crippen LogP contribution is -2.03. The maximum Gasteiger partial charge on any atom is 0.402 e. The fourth-order valence-corrected chi connectivity index (χ4v) is 0. The predicted octanol–water partition coefficient (Wildman–Crippen LogP) is 0.981. The molecule has 0 rings (SSSR count). The Kier molecular flexibility index (Phi) is 30.9. The first kappa shape index (κ1) is 15.7. The lowest BCUT2D eigenvalue weighted by Gasteiger charge is -1.61. The summed E-state index contributed by atoms with van der Waals surface area (Å²) in [5, 5.41) is 7.19. The summed E-state index contributed by atoms with van der Waals surface area (Å²) >= 11 is 3.79. The number of rotatable bonds is 0. The highest BCUT2D eigenvalue weighted by Crippen LogP contribution is 1.58. The standard InChI is InChI=1S/C2H6S.CH3NO2.ClH/c1-2-3;2-1(3)4;/h3H,2H2,1H3;2H2,(H,3,4);1H. The lowest BCUT2D eigenvalue weighted by atomic mass is 11.0. The molecule has 0 atom stereocenters. The van der Waals surface area contributed by atoms with E-state index in [4.69, 9.17) is 9.90 Å². The van der Waals surface area contributed by atoms with E-state index in [1.807, 2.05) is 6.92 Å². The van der Waals surface area contributed by atoms with Crippen LogP contribution >= 0.6 is 25.0 Å². The highest BCUT2D eigenvalue weighted by atomic mass is 35.5. The molecule has 3 N–H and O–H groups in total. The number of primary amides is 1. The van der Waals surface area contributed by atoms with Crippen molar-refractivity contribution in [2.24, 2.45) is 5.73 Å². The van der Waals surface area contributed by atoms with E-state index in [9.17, 15) is 0 Å². The number of hydrogen-bond acceptors (Lipinski definition) is 2. The van der Waals surface area contributed by atoms with Crippen LogP contribution in [0.25, 0.3) is 0 Å². The maximum atomic E-state index is 8.78. The molecule has 0 heterocycles. The average Bonchev–Trinajstić information content (AvgIpc) is 1.33. The summed E-state index contributed by atoms with van der Waals surface area (Å²) in [6.45, 7) is 1.99. The van der Waals surface area contributed by atoms with Crippen LogP contribution < -0.4 is 5.73 Å². The second-order valence-corrected chi connectivity index (χ2v) is 1.29. The van der Waals surface area contributed by atoms with Crippen molar-refractivity contribution in [3.63, 3.8) is 0 Å². The van der Waals surface area contributed by atoms with Crippen molar-refractivity contribution in [1.29, 1.82) is 0 Å². The molecular formula is C3H10ClNO2S. The van der Waals surface area contributed by atoms with Gasteiger partial charge in [-0.2, -0.15) is 12.6 Å². The van der Waals surface area contributed by atoms with Gasteiger partial charge in [0.05, 0.1) is 0 Å². The van der Waals surface area contributed by atoms with E-state index in [1.165, 1.54) is 0 Å². The summed E-state index contributed by atoms with van der Waals surface area (Å²) in [5.74, 6) is 0.944. The molecule has 0 aliphatic carbocycles. The molecule has 8 heavy (non-hydrogen) atoms. The molecule has 0 radical (unpaired) electrons. The van der Waals surface area contributed by atoms with E-state index in [1.54, 1.807) is 0 Å². The summed E-state index contributed by atoms with van der Waals surface area (Å²) in [7, 11) is 0. The largest absolute Gasteiger partial charge is 0.465 e. The van der Waals surface area contributed by atoms with Gasteiger partial charge in [-0.1, -0.05) is 6.92 Å². The van der Waals surface area contributed by atoms with E-state index in [0.29, 0.717) is 0 Å². The van der Waals surface area contributed by atoms with Gasteiger partial charge in [0.15, 0.2) is 0 Å². The molecule has 52 valence electrons. The molecule has 0 spiro atoms. The van der Waals surface area contributed by atoms with Crippen molar-refractivity contribution in [2.75, 3.05) is 5.75 Å². The Labute approximate surface area is 60.1 Å². The third kappa shape index (κ3) is 17600. The van der Waals surface area contributed by atoms with Crippen LogP contribution in [0.2, 0.25) is 0 Å². The topological polar surface area (TPSA) is 63.3 Å². The van der Waals surface area contributed by atoms with Crippen molar-refractivity contribution in [3.8, 4) is 0 Å². The number of halogens is 1. The molecule has 0 fully saturated rings. The Bertz CT molecular complexity index is 48.5. The first-order chi connectivity index (χ1) is 3.15. The van der Waals surface area contributed by atoms with Crippen LogP contribution in [-0.2, 0) is 0 Å². The molecule has 0 aromatic heterocycles. The second-order valence-electron chi connectivity index (χ2n) is 0.654. The van der Waals surface area contributed by atoms with Crippen LogP contribution in [0, 0.1) is 0 Å². The van der Waals surface area contributed by atoms with E-state index >= 15 is 0 Å². The monoisotopic (exact) mass is 159 g/mol. The smallest absolute Gasteiger partial charge is 0.402 e. The number of carbonyl (C=O) groups is 1. The Hall–Kier alpha value is -0.0900. The fourth-order valence-electron chi connectivity index (χ4n) is 0. The molecule has 0 saturated heterocycles. The molecule has 0 aromatic rings. The Morgan fingerprint density at radius 2 is 1.88 bits per heavy atom. The number of hydrogen-bond donors (Lipinski definition) is 3. The van der Waals surface area contributed by atoms with Crippen molar-refractivity contribution < 1.29 is 9.90 Å². The average molecular weight is 160 g/mol. The zero-order valence-corrected chi connectivity index (χ0v) is 6.21. The van der Waals surface area contributed by atoms with Crippen molar-refractivity contribution in [2.45, 2.75) is 6.92 Å². The third-order valence-corrected chi connectivity index (χ3v) is 0. The molecule has 0 bridgehead atoms. The van der Waals surface area contributed by atoms with Gasteiger partial charge in [0.2, 0.25) is 0 Å². The van der Waals surface area contributed by atoms with Gasteiger partial charge in [0, 0.05) is 0 Å². The van der Waals surface area contributed by atoms with Crippen LogP contribution in [0.3, 0.4) is 0 Å². The number of amides is 1. The van der Waals surface area contributed by atoms with Gasteiger partial charge in [-0.3, -0.25) is 0 Å². The van der Waals surface area contributed by atoms with Crippen LogP contribution in [0.4, 0.5) is 4.79 Å². The minimum absolute atomic E-state index is 0. The molecule has 0 aliphatic heterocycles. The molecule has 1 amide bonds. The van der Waals surface area contributed by atoms with E-state index in [-0.39, 0.29) is 12.4 Å². The third-order valence-electron chi connectivity index (χ3n) is 0. The Morgan fingerprint density at radius 3 is 1.88 bits per heavy atom. The molecule has 5 heteroatoms. The zero-order valence-electron chi connectivity index (χ0n) is 4.50. The molecule has 3 nitrogen and oxygen atoms in total. The maximum absolute atomic E-state index is 8.78. The normalized spacial score (nSPS) is 5.25. The summed E-state index contributed by atoms with van der Waals surface area (Å²) < 4.78 is 0. The minimum atomic E-state index is -1.33. The van der Waals surface area contributed by atoms with Gasteiger partial charge < -0.3 is 10.8 Å². The molecule has 0 saturated carbocycles. The molecular weight excluding hydrogens is 150 g/mol. The van der Waals surface area contributed by atoms with Gasteiger partial charge in [-0.05, 0) is 5.75 Å². The summed E-state index contributed by atoms with van der Waals surface area (Å²) in [6.07, 6.45) is -1.33. The molecule has 0 unspecified atom stereocenters. The number of thiol groups is 1. The van der Waals surface area contributed by atoms with Gasteiger partial charge in [0.25, 0.3) is 0 Å². The minimum Gasteiger partial charge on any atom is -0.465 e. The fraction of sp³-hybridized carbons (Fsp3) is 0.667. The summed E-state index contributed by atoms with van der Waals surface area (Å²) in [5.41, 5.74) is 4.03. The Morgan fingerprint density at radius 1 is 1.88 bits per heavy atom. The van der Waals surface area contributed by atoms with Crippen LogP contribution in [0.1, 0.15) is 6.92 Å².